The van der Waals surface area contributed by atoms with E-state index < -0.39 is 17.4 Å². The lowest BCUT2D eigenvalue weighted by molar-refractivity contribution is -0.137. The van der Waals surface area contributed by atoms with E-state index in [2.05, 4.69) is 10.6 Å². The minimum Gasteiger partial charge on any atom is -0.396 e. The fourth-order valence-corrected chi connectivity index (χ4v) is 1.77. The monoisotopic (exact) mass is 308 g/mol. The molecule has 0 spiro atoms. The summed E-state index contributed by atoms with van der Waals surface area (Å²) in [5.74, 6) is -0.687. The van der Waals surface area contributed by atoms with Gasteiger partial charge in [-0.05, 0) is 5.56 Å². The molecule has 0 radical (unpaired) electrons. The smallest absolute Gasteiger partial charge is 0.249 e. The maximum Gasteiger partial charge on any atom is 0.249 e. The van der Waals surface area contributed by atoms with Crippen molar-refractivity contribution >= 4 is 11.8 Å². The summed E-state index contributed by atoms with van der Waals surface area (Å²) in [5.41, 5.74) is 0.0184. The van der Waals surface area contributed by atoms with Crippen molar-refractivity contribution in [2.75, 3.05) is 19.7 Å². The SMILES string of the molecule is CC(C)(CO)[C@@H](O)C(=O)NCCNC(=O)Cc1ccccc1. The molecular formula is C16H24N2O4. The maximum atomic E-state index is 11.7. The number of carbonyl (C=O) groups excluding carboxylic acids is 2. The van der Waals surface area contributed by atoms with Crippen LogP contribution < -0.4 is 10.6 Å². The van der Waals surface area contributed by atoms with E-state index in [1.165, 1.54) is 0 Å². The average molecular weight is 308 g/mol. The second-order valence-corrected chi connectivity index (χ2v) is 5.85. The molecule has 6 nitrogen and oxygen atoms in total. The lowest BCUT2D eigenvalue weighted by Gasteiger charge is -2.27. The first-order valence-corrected chi connectivity index (χ1v) is 7.24. The van der Waals surface area contributed by atoms with Gasteiger partial charge in [0.15, 0.2) is 0 Å². The van der Waals surface area contributed by atoms with Gasteiger partial charge in [0.1, 0.15) is 6.10 Å². The summed E-state index contributed by atoms with van der Waals surface area (Å²) in [6.07, 6.45) is -1.01. The molecule has 0 aromatic heterocycles. The molecule has 0 saturated heterocycles. The van der Waals surface area contributed by atoms with Crippen molar-refractivity contribution in [1.82, 2.24) is 10.6 Å². The molecule has 0 fully saturated rings. The second-order valence-electron chi connectivity index (χ2n) is 5.85. The molecule has 0 aliphatic heterocycles. The summed E-state index contributed by atoms with van der Waals surface area (Å²) in [6, 6.07) is 9.36. The summed E-state index contributed by atoms with van der Waals surface area (Å²) in [4.78, 5) is 23.4. The number of aliphatic hydroxyl groups excluding tert-OH is 2. The van der Waals surface area contributed by atoms with Gasteiger partial charge in [-0.1, -0.05) is 44.2 Å². The third kappa shape index (κ3) is 5.83. The zero-order valence-corrected chi connectivity index (χ0v) is 13.0. The first-order valence-electron chi connectivity index (χ1n) is 7.24. The largest absolute Gasteiger partial charge is 0.396 e. The van der Waals surface area contributed by atoms with Crippen molar-refractivity contribution in [1.29, 1.82) is 0 Å². The van der Waals surface area contributed by atoms with Crippen LogP contribution in [-0.4, -0.2) is 47.8 Å². The molecule has 1 rings (SSSR count). The predicted octanol–water partition coefficient (Wildman–Crippen LogP) is -0.159. The molecule has 122 valence electrons. The Bertz CT molecular complexity index is 488. The van der Waals surface area contributed by atoms with Gasteiger partial charge in [-0.25, -0.2) is 0 Å². The molecule has 0 bridgehead atoms. The fraction of sp³-hybridized carbons (Fsp3) is 0.500. The van der Waals surface area contributed by atoms with E-state index >= 15 is 0 Å². The van der Waals surface area contributed by atoms with Gasteiger partial charge < -0.3 is 20.8 Å². The summed E-state index contributed by atoms with van der Waals surface area (Å²) in [5, 5.41) is 24.1. The first kappa shape index (κ1) is 18.1. The van der Waals surface area contributed by atoms with Gasteiger partial charge in [-0.2, -0.15) is 0 Å². The highest BCUT2D eigenvalue weighted by Crippen LogP contribution is 2.19. The van der Waals surface area contributed by atoms with E-state index in [9.17, 15) is 14.7 Å². The third-order valence-corrected chi connectivity index (χ3v) is 3.35. The van der Waals surface area contributed by atoms with Gasteiger partial charge in [0.25, 0.3) is 0 Å². The van der Waals surface area contributed by atoms with Crippen molar-refractivity contribution in [3.8, 4) is 0 Å². The van der Waals surface area contributed by atoms with E-state index in [1.54, 1.807) is 13.8 Å². The van der Waals surface area contributed by atoms with Crippen LogP contribution in [-0.2, 0) is 16.0 Å². The van der Waals surface area contributed by atoms with Gasteiger partial charge in [-0.3, -0.25) is 9.59 Å². The molecule has 0 aliphatic rings. The van der Waals surface area contributed by atoms with Crippen molar-refractivity contribution in [2.45, 2.75) is 26.4 Å². The standard InChI is InChI=1S/C16H24N2O4/c1-16(2,11-19)14(21)15(22)18-9-8-17-13(20)10-12-6-4-3-5-7-12/h3-7,14,19,21H,8-11H2,1-2H3,(H,17,20)(H,18,22)/t14-/m0/s1. The van der Waals surface area contributed by atoms with Gasteiger partial charge in [0.05, 0.1) is 13.0 Å². The van der Waals surface area contributed by atoms with Gasteiger partial charge in [-0.15, -0.1) is 0 Å². The van der Waals surface area contributed by atoms with Crippen LogP contribution in [0.2, 0.25) is 0 Å². The Morgan fingerprint density at radius 2 is 1.73 bits per heavy atom. The topological polar surface area (TPSA) is 98.7 Å². The fourth-order valence-electron chi connectivity index (χ4n) is 1.77. The zero-order chi connectivity index (χ0) is 16.6. The number of aliphatic hydroxyl groups is 2. The number of amides is 2. The Labute approximate surface area is 130 Å². The Morgan fingerprint density at radius 3 is 2.32 bits per heavy atom. The minimum atomic E-state index is -1.29. The van der Waals surface area contributed by atoms with Crippen LogP contribution in [0, 0.1) is 5.41 Å². The molecule has 4 N–H and O–H groups in total. The molecule has 2 amide bonds. The van der Waals surface area contributed by atoms with Crippen LogP contribution in [0.3, 0.4) is 0 Å². The van der Waals surface area contributed by atoms with E-state index in [0.29, 0.717) is 0 Å². The molecule has 1 aromatic rings. The summed E-state index contributed by atoms with van der Waals surface area (Å²) in [7, 11) is 0. The molecule has 0 saturated carbocycles. The van der Waals surface area contributed by atoms with E-state index in [4.69, 9.17) is 5.11 Å². The predicted molar refractivity (Wildman–Crippen MR) is 83.0 cm³/mol. The van der Waals surface area contributed by atoms with E-state index in [-0.39, 0.29) is 32.0 Å². The Morgan fingerprint density at radius 1 is 1.14 bits per heavy atom. The van der Waals surface area contributed by atoms with Crippen LogP contribution in [0.25, 0.3) is 0 Å². The molecule has 1 atom stereocenters. The average Bonchev–Trinajstić information content (AvgIpc) is 2.51. The molecule has 0 unspecified atom stereocenters. The lowest BCUT2D eigenvalue weighted by Crippen LogP contribution is -2.47. The van der Waals surface area contributed by atoms with Gasteiger partial charge >= 0.3 is 0 Å². The van der Waals surface area contributed by atoms with Crippen LogP contribution in [0.15, 0.2) is 30.3 Å². The second kappa shape index (κ2) is 8.51. The molecule has 22 heavy (non-hydrogen) atoms. The number of hydrogen-bond acceptors (Lipinski definition) is 4. The van der Waals surface area contributed by atoms with Crippen molar-refractivity contribution in [3.63, 3.8) is 0 Å². The van der Waals surface area contributed by atoms with E-state index in [0.717, 1.165) is 5.56 Å². The lowest BCUT2D eigenvalue weighted by atomic mass is 9.87. The summed E-state index contributed by atoms with van der Waals surface area (Å²) < 4.78 is 0. The zero-order valence-electron chi connectivity index (χ0n) is 13.0. The Hall–Kier alpha value is -1.92. The maximum absolute atomic E-state index is 11.7. The van der Waals surface area contributed by atoms with E-state index in [1.807, 2.05) is 30.3 Å². The summed E-state index contributed by atoms with van der Waals surface area (Å²) in [6.45, 7) is 3.40. The van der Waals surface area contributed by atoms with Crippen LogP contribution in [0.1, 0.15) is 19.4 Å². The normalized spacial score (nSPS) is 12.5. The van der Waals surface area contributed by atoms with Crippen LogP contribution in [0.4, 0.5) is 0 Å². The highest BCUT2D eigenvalue weighted by molar-refractivity contribution is 5.81. The molecule has 0 aliphatic carbocycles. The van der Waals surface area contributed by atoms with Crippen LogP contribution >= 0.6 is 0 Å². The van der Waals surface area contributed by atoms with Crippen molar-refractivity contribution in [3.05, 3.63) is 35.9 Å². The highest BCUT2D eigenvalue weighted by Gasteiger charge is 2.32. The Kier molecular flexibility index (Phi) is 7.01. The number of rotatable bonds is 8. The number of benzene rings is 1. The quantitative estimate of drug-likeness (QED) is 0.502. The van der Waals surface area contributed by atoms with Crippen molar-refractivity contribution < 1.29 is 19.8 Å². The molecule has 1 aromatic carbocycles. The number of carbonyl (C=O) groups is 2. The molecule has 6 heteroatoms. The summed E-state index contributed by atoms with van der Waals surface area (Å²) >= 11 is 0. The van der Waals surface area contributed by atoms with Gasteiger partial charge in [0.2, 0.25) is 11.8 Å². The minimum absolute atomic E-state index is 0.128. The highest BCUT2D eigenvalue weighted by atomic mass is 16.3. The van der Waals surface area contributed by atoms with Crippen molar-refractivity contribution in [2.24, 2.45) is 5.41 Å². The molecule has 0 heterocycles. The Balaban J connectivity index is 2.25. The number of nitrogens with one attached hydrogen (secondary N) is 2. The first-order chi connectivity index (χ1) is 10.4. The van der Waals surface area contributed by atoms with Crippen LogP contribution in [0.5, 0.6) is 0 Å². The molecular weight excluding hydrogens is 284 g/mol. The number of hydrogen-bond donors (Lipinski definition) is 4. The third-order valence-electron chi connectivity index (χ3n) is 3.35. The van der Waals surface area contributed by atoms with Gasteiger partial charge in [0, 0.05) is 18.5 Å².